The second-order valence-corrected chi connectivity index (χ2v) is 10.0. The summed E-state index contributed by atoms with van der Waals surface area (Å²) < 4.78 is 12.0. The highest BCUT2D eigenvalue weighted by molar-refractivity contribution is 7.86. The summed E-state index contributed by atoms with van der Waals surface area (Å²) >= 11 is 6.45. The Bertz CT molecular complexity index is 627. The zero-order valence-electron chi connectivity index (χ0n) is 17.5. The maximum Gasteiger partial charge on any atom is 0.191 e. The number of nitrogens with zero attached hydrogens (tertiary/aromatic N) is 2. The molecule has 154 valence electrons. The van der Waals surface area contributed by atoms with E-state index >= 15 is 0 Å². The fourth-order valence-electron chi connectivity index (χ4n) is 2.83. The van der Waals surface area contributed by atoms with Gasteiger partial charge in [0.05, 0.1) is 6.04 Å². The van der Waals surface area contributed by atoms with Crippen LogP contribution < -0.4 is 10.6 Å². The van der Waals surface area contributed by atoms with Crippen LogP contribution in [0, 0.1) is 0 Å². The van der Waals surface area contributed by atoms with Crippen LogP contribution in [-0.4, -0.2) is 58.8 Å². The summed E-state index contributed by atoms with van der Waals surface area (Å²) in [6.45, 7) is 13.5. The lowest BCUT2D eigenvalue weighted by molar-refractivity contribution is 0.219. The minimum absolute atomic E-state index is 0.149. The van der Waals surface area contributed by atoms with E-state index in [4.69, 9.17) is 11.6 Å². The van der Waals surface area contributed by atoms with Gasteiger partial charge < -0.3 is 10.6 Å². The number of guanidine groups is 1. The molecule has 0 spiro atoms. The van der Waals surface area contributed by atoms with Gasteiger partial charge in [0.25, 0.3) is 0 Å². The van der Waals surface area contributed by atoms with Crippen molar-refractivity contribution in [3.8, 4) is 0 Å². The van der Waals surface area contributed by atoms with E-state index in [0.29, 0.717) is 24.8 Å². The van der Waals surface area contributed by atoms with E-state index in [-0.39, 0.29) is 10.8 Å². The van der Waals surface area contributed by atoms with Crippen molar-refractivity contribution in [2.24, 2.45) is 4.99 Å². The smallest absolute Gasteiger partial charge is 0.191 e. The van der Waals surface area contributed by atoms with Gasteiger partial charge in [-0.25, -0.2) is 0 Å². The van der Waals surface area contributed by atoms with E-state index in [9.17, 15) is 4.21 Å². The Balaban J connectivity index is 2.73. The first kappa shape index (κ1) is 23.9. The Labute approximate surface area is 172 Å². The normalized spacial score (nSPS) is 14.9. The van der Waals surface area contributed by atoms with Crippen LogP contribution in [0.5, 0.6) is 0 Å². The van der Waals surface area contributed by atoms with Crippen LogP contribution in [0.4, 0.5) is 0 Å². The van der Waals surface area contributed by atoms with E-state index in [1.165, 1.54) is 0 Å². The largest absolute Gasteiger partial charge is 0.355 e. The lowest BCUT2D eigenvalue weighted by Gasteiger charge is -2.31. The lowest BCUT2D eigenvalue weighted by atomic mass is 10.0. The Hall–Kier alpha value is -1.11. The molecule has 0 radical (unpaired) electrons. The molecule has 7 heteroatoms. The molecule has 0 aliphatic heterocycles. The molecule has 0 heterocycles. The number of benzene rings is 1. The third-order valence-corrected chi connectivity index (χ3v) is 6.75. The Kier molecular flexibility index (Phi) is 10.3. The summed E-state index contributed by atoms with van der Waals surface area (Å²) in [5.41, 5.74) is 1.11. The Morgan fingerprint density at radius 3 is 2.37 bits per heavy atom. The zero-order chi connectivity index (χ0) is 20.4. The van der Waals surface area contributed by atoms with Gasteiger partial charge in [0.15, 0.2) is 5.96 Å². The van der Waals surface area contributed by atoms with Gasteiger partial charge in [-0.1, -0.05) is 43.6 Å². The van der Waals surface area contributed by atoms with Gasteiger partial charge >= 0.3 is 0 Å². The highest BCUT2D eigenvalue weighted by Gasteiger charge is 2.21. The predicted molar refractivity (Wildman–Crippen MR) is 119 cm³/mol. The maximum absolute atomic E-state index is 12.2. The number of aliphatic imine (C=N–C) groups is 1. The number of rotatable bonds is 9. The molecule has 0 aliphatic carbocycles. The quantitative estimate of drug-likeness (QED) is 0.480. The third kappa shape index (κ3) is 7.80. The van der Waals surface area contributed by atoms with Gasteiger partial charge in [-0.15, -0.1) is 0 Å². The highest BCUT2D eigenvalue weighted by atomic mass is 35.5. The lowest BCUT2D eigenvalue weighted by Crippen LogP contribution is -2.44. The van der Waals surface area contributed by atoms with E-state index in [0.717, 1.165) is 23.7 Å². The van der Waals surface area contributed by atoms with Crippen LogP contribution in [0.1, 0.15) is 46.2 Å². The molecule has 0 aromatic heterocycles. The van der Waals surface area contributed by atoms with Crippen molar-refractivity contribution in [2.45, 2.75) is 45.4 Å². The first-order valence-electron chi connectivity index (χ1n) is 9.56. The molecule has 2 N–H and O–H groups in total. The molecule has 0 bridgehead atoms. The van der Waals surface area contributed by atoms with Crippen molar-refractivity contribution in [2.75, 3.05) is 39.0 Å². The number of hydrogen-bond acceptors (Lipinski definition) is 3. The molecule has 0 fully saturated rings. The third-order valence-electron chi connectivity index (χ3n) is 4.47. The minimum Gasteiger partial charge on any atom is -0.355 e. The van der Waals surface area contributed by atoms with Crippen molar-refractivity contribution in [3.05, 3.63) is 34.9 Å². The van der Waals surface area contributed by atoms with Crippen LogP contribution in [0.25, 0.3) is 0 Å². The first-order chi connectivity index (χ1) is 12.7. The molecule has 0 aliphatic rings. The van der Waals surface area contributed by atoms with E-state index in [2.05, 4.69) is 40.4 Å². The maximum atomic E-state index is 12.2. The first-order valence-corrected chi connectivity index (χ1v) is 11.3. The van der Waals surface area contributed by atoms with Gasteiger partial charge in [0.2, 0.25) is 0 Å². The van der Waals surface area contributed by atoms with E-state index in [1.807, 2.05) is 39.0 Å². The molecule has 1 aromatic carbocycles. The molecule has 1 aromatic rings. The monoisotopic (exact) mass is 414 g/mol. The fraction of sp³-hybridized carbons (Fsp3) is 0.650. The SMILES string of the molecule is CCN(CC)C(CNC(=NC)NCCS(=O)C(C)(C)C)c1ccccc1Cl. The molecule has 5 nitrogen and oxygen atoms in total. The van der Waals surface area contributed by atoms with Crippen molar-refractivity contribution >= 4 is 28.4 Å². The summed E-state index contributed by atoms with van der Waals surface area (Å²) in [7, 11) is 0.866. The molecule has 0 saturated carbocycles. The number of hydrogen-bond donors (Lipinski definition) is 2. The van der Waals surface area contributed by atoms with Crippen LogP contribution in [0.2, 0.25) is 5.02 Å². The van der Waals surface area contributed by atoms with E-state index < -0.39 is 10.8 Å². The van der Waals surface area contributed by atoms with Crippen LogP contribution in [-0.2, 0) is 10.8 Å². The Morgan fingerprint density at radius 2 is 1.85 bits per heavy atom. The average Bonchev–Trinajstić information content (AvgIpc) is 2.63. The highest BCUT2D eigenvalue weighted by Crippen LogP contribution is 2.26. The average molecular weight is 415 g/mol. The predicted octanol–water partition coefficient (Wildman–Crippen LogP) is 3.44. The molecular weight excluding hydrogens is 380 g/mol. The minimum atomic E-state index is -0.882. The Morgan fingerprint density at radius 1 is 1.22 bits per heavy atom. The van der Waals surface area contributed by atoms with Gasteiger partial charge in [0, 0.05) is 46.5 Å². The topological polar surface area (TPSA) is 56.7 Å². The number of likely N-dealkylation sites (N-methyl/N-ethyl adjacent to an activating group) is 1. The standard InChI is InChI=1S/C20H35ClN4OS/c1-7-25(8-2)18(16-11-9-10-12-17(16)21)15-24-19(22-6)23-13-14-27(26)20(3,4)5/h9-12,18H,7-8,13-15H2,1-6H3,(H2,22,23,24). The summed E-state index contributed by atoms with van der Waals surface area (Å²) in [6, 6.07) is 8.13. The number of nitrogens with one attached hydrogen (secondary N) is 2. The molecule has 0 saturated heterocycles. The van der Waals surface area contributed by atoms with Gasteiger partial charge in [0.1, 0.15) is 0 Å². The van der Waals surface area contributed by atoms with Crippen LogP contribution in [0.15, 0.2) is 29.3 Å². The molecule has 0 amide bonds. The van der Waals surface area contributed by atoms with Crippen LogP contribution in [0.3, 0.4) is 0 Å². The zero-order valence-corrected chi connectivity index (χ0v) is 19.1. The second kappa shape index (κ2) is 11.7. The summed E-state index contributed by atoms with van der Waals surface area (Å²) in [5, 5.41) is 7.44. The number of halogens is 1. The molecular formula is C20H35ClN4OS. The van der Waals surface area contributed by atoms with Crippen molar-refractivity contribution in [3.63, 3.8) is 0 Å². The van der Waals surface area contributed by atoms with E-state index in [1.54, 1.807) is 7.05 Å². The van der Waals surface area contributed by atoms with Crippen molar-refractivity contribution < 1.29 is 4.21 Å². The van der Waals surface area contributed by atoms with Crippen LogP contribution >= 0.6 is 11.6 Å². The van der Waals surface area contributed by atoms with Gasteiger partial charge in [-0.2, -0.15) is 0 Å². The molecule has 1 rings (SSSR count). The van der Waals surface area contributed by atoms with Crippen molar-refractivity contribution in [1.29, 1.82) is 0 Å². The molecule has 2 unspecified atom stereocenters. The fourth-order valence-corrected chi connectivity index (χ4v) is 3.99. The van der Waals surface area contributed by atoms with Gasteiger partial charge in [-0.3, -0.25) is 14.1 Å². The molecule has 2 atom stereocenters. The molecule has 27 heavy (non-hydrogen) atoms. The van der Waals surface area contributed by atoms with Gasteiger partial charge in [-0.05, 0) is 45.5 Å². The summed E-state index contributed by atoms with van der Waals surface area (Å²) in [4.78, 5) is 6.66. The second-order valence-electron chi connectivity index (χ2n) is 7.30. The summed E-state index contributed by atoms with van der Waals surface area (Å²) in [6.07, 6.45) is 0. The van der Waals surface area contributed by atoms with Crippen molar-refractivity contribution in [1.82, 2.24) is 15.5 Å². The summed E-state index contributed by atoms with van der Waals surface area (Å²) in [5.74, 6) is 1.30.